The summed E-state index contributed by atoms with van der Waals surface area (Å²) in [5.74, 6) is 0.788. The van der Waals surface area contributed by atoms with Gasteiger partial charge in [-0.1, -0.05) is 11.6 Å². The molecule has 0 unspecified atom stereocenters. The number of nitrogens with zero attached hydrogens (tertiary/aromatic N) is 3. The third-order valence-electron chi connectivity index (χ3n) is 6.13. The maximum absolute atomic E-state index is 12.0. The summed E-state index contributed by atoms with van der Waals surface area (Å²) in [5, 5.41) is 15.6. The Morgan fingerprint density at radius 2 is 1.93 bits per heavy atom. The van der Waals surface area contributed by atoms with Crippen LogP contribution in [-0.4, -0.2) is 72.4 Å². The van der Waals surface area contributed by atoms with E-state index < -0.39 is 6.10 Å². The van der Waals surface area contributed by atoms with Crippen LogP contribution < -0.4 is 10.2 Å². The van der Waals surface area contributed by atoms with Gasteiger partial charge in [0.1, 0.15) is 5.82 Å². The average molecular weight is 417 g/mol. The molecule has 3 heterocycles. The van der Waals surface area contributed by atoms with E-state index in [1.54, 1.807) is 6.20 Å². The fourth-order valence-corrected chi connectivity index (χ4v) is 4.50. The van der Waals surface area contributed by atoms with Gasteiger partial charge in [-0.15, -0.1) is 0 Å². The Labute approximate surface area is 174 Å². The smallest absolute Gasteiger partial charge is 0.228 e. The Kier molecular flexibility index (Phi) is 5.07. The SMILES string of the molecule is O=C(Nc1cc2cc(N3CCN([C@@H]4COC[C@@H]4O)CC3)c(Cl)cc2cn1)C1CC1. The Morgan fingerprint density at radius 3 is 2.62 bits per heavy atom. The molecule has 2 aromatic rings. The van der Waals surface area contributed by atoms with Crippen molar-refractivity contribution in [2.24, 2.45) is 5.92 Å². The van der Waals surface area contributed by atoms with E-state index in [1.165, 1.54) is 0 Å². The number of hydrogen-bond acceptors (Lipinski definition) is 6. The minimum absolute atomic E-state index is 0.0558. The summed E-state index contributed by atoms with van der Waals surface area (Å²) in [6, 6.07) is 6.02. The minimum atomic E-state index is -0.400. The lowest BCUT2D eigenvalue weighted by Crippen LogP contribution is -2.53. The van der Waals surface area contributed by atoms with Crippen LogP contribution in [0, 0.1) is 5.92 Å². The second-order valence-corrected chi connectivity index (χ2v) is 8.59. The van der Waals surface area contributed by atoms with E-state index in [9.17, 15) is 9.90 Å². The summed E-state index contributed by atoms with van der Waals surface area (Å²) >= 11 is 6.58. The van der Waals surface area contributed by atoms with Crippen LogP contribution in [0.15, 0.2) is 24.4 Å². The highest BCUT2D eigenvalue weighted by Gasteiger charge is 2.34. The van der Waals surface area contributed by atoms with E-state index in [2.05, 4.69) is 26.2 Å². The molecule has 3 aliphatic rings. The summed E-state index contributed by atoms with van der Waals surface area (Å²) in [6.45, 7) is 4.42. The molecule has 1 amide bonds. The van der Waals surface area contributed by atoms with Crippen LogP contribution in [0.3, 0.4) is 0 Å². The fourth-order valence-electron chi connectivity index (χ4n) is 4.21. The second kappa shape index (κ2) is 7.72. The molecule has 154 valence electrons. The van der Waals surface area contributed by atoms with E-state index in [4.69, 9.17) is 16.3 Å². The first-order valence-electron chi connectivity index (χ1n) is 10.2. The number of carbonyl (C=O) groups is 1. The summed E-state index contributed by atoms with van der Waals surface area (Å²) in [6.07, 6.45) is 3.29. The zero-order chi connectivity index (χ0) is 20.0. The van der Waals surface area contributed by atoms with Crippen molar-refractivity contribution in [1.82, 2.24) is 9.88 Å². The van der Waals surface area contributed by atoms with Gasteiger partial charge in [0.2, 0.25) is 5.91 Å². The van der Waals surface area contributed by atoms with Gasteiger partial charge in [0, 0.05) is 43.7 Å². The van der Waals surface area contributed by atoms with Gasteiger partial charge in [-0.2, -0.15) is 0 Å². The molecule has 0 radical (unpaired) electrons. The molecule has 1 saturated carbocycles. The molecule has 1 aliphatic carbocycles. The van der Waals surface area contributed by atoms with Crippen molar-refractivity contribution in [3.05, 3.63) is 29.4 Å². The van der Waals surface area contributed by atoms with Gasteiger partial charge >= 0.3 is 0 Å². The summed E-state index contributed by atoms with van der Waals surface area (Å²) < 4.78 is 5.40. The third kappa shape index (κ3) is 3.92. The van der Waals surface area contributed by atoms with E-state index in [0.29, 0.717) is 24.1 Å². The molecule has 3 fully saturated rings. The molecular weight excluding hydrogens is 392 g/mol. The van der Waals surface area contributed by atoms with Gasteiger partial charge in [0.25, 0.3) is 0 Å². The number of fused-ring (bicyclic) bond motifs is 1. The molecule has 0 spiro atoms. The minimum Gasteiger partial charge on any atom is -0.389 e. The third-order valence-corrected chi connectivity index (χ3v) is 6.43. The average Bonchev–Trinajstić information content (AvgIpc) is 3.49. The fraction of sp³-hybridized carbons (Fsp3) is 0.524. The van der Waals surface area contributed by atoms with Gasteiger partial charge in [-0.25, -0.2) is 4.98 Å². The van der Waals surface area contributed by atoms with Crippen molar-refractivity contribution in [2.75, 3.05) is 49.6 Å². The van der Waals surface area contributed by atoms with Crippen LogP contribution >= 0.6 is 11.6 Å². The maximum atomic E-state index is 12.0. The molecule has 5 rings (SSSR count). The van der Waals surface area contributed by atoms with E-state index >= 15 is 0 Å². The first kappa shape index (κ1) is 19.1. The quantitative estimate of drug-likeness (QED) is 0.795. The van der Waals surface area contributed by atoms with Crippen molar-refractivity contribution in [2.45, 2.75) is 25.0 Å². The molecule has 2 saturated heterocycles. The summed E-state index contributed by atoms with van der Waals surface area (Å²) in [4.78, 5) is 21.0. The number of piperazine rings is 1. The predicted octanol–water partition coefficient (Wildman–Crippen LogP) is 2.12. The second-order valence-electron chi connectivity index (χ2n) is 8.18. The van der Waals surface area contributed by atoms with Crippen LogP contribution in [0.2, 0.25) is 5.02 Å². The van der Waals surface area contributed by atoms with Crippen LogP contribution in [0.1, 0.15) is 12.8 Å². The zero-order valence-corrected chi connectivity index (χ0v) is 16.9. The Hall–Kier alpha value is -1.93. The highest BCUT2D eigenvalue weighted by molar-refractivity contribution is 6.34. The number of benzene rings is 1. The molecule has 1 aromatic carbocycles. The number of hydrogen-bond donors (Lipinski definition) is 2. The number of pyridine rings is 1. The molecule has 2 N–H and O–H groups in total. The van der Waals surface area contributed by atoms with Gasteiger partial charge in [-0.3, -0.25) is 9.69 Å². The normalized spacial score (nSPS) is 25.5. The highest BCUT2D eigenvalue weighted by Crippen LogP contribution is 2.34. The lowest BCUT2D eigenvalue weighted by molar-refractivity contribution is -0.117. The van der Waals surface area contributed by atoms with E-state index in [1.807, 2.05) is 12.1 Å². The maximum Gasteiger partial charge on any atom is 0.228 e. The van der Waals surface area contributed by atoms with Gasteiger partial charge in [0.15, 0.2) is 0 Å². The number of aliphatic hydroxyl groups excluding tert-OH is 1. The van der Waals surface area contributed by atoms with Crippen molar-refractivity contribution in [1.29, 1.82) is 0 Å². The topological polar surface area (TPSA) is 77.9 Å². The molecule has 0 bridgehead atoms. The van der Waals surface area contributed by atoms with Gasteiger partial charge in [-0.05, 0) is 36.4 Å². The molecule has 2 aliphatic heterocycles. The number of anilines is 2. The zero-order valence-electron chi connectivity index (χ0n) is 16.2. The molecule has 1 aromatic heterocycles. The highest BCUT2D eigenvalue weighted by atomic mass is 35.5. The number of aliphatic hydroxyl groups is 1. The first-order valence-corrected chi connectivity index (χ1v) is 10.6. The van der Waals surface area contributed by atoms with Gasteiger partial charge in [0.05, 0.1) is 36.1 Å². The molecular formula is C21H25ClN4O3. The largest absolute Gasteiger partial charge is 0.389 e. The van der Waals surface area contributed by atoms with Crippen molar-refractivity contribution < 1.29 is 14.6 Å². The lowest BCUT2D eigenvalue weighted by Gasteiger charge is -2.39. The van der Waals surface area contributed by atoms with Crippen LogP contribution in [-0.2, 0) is 9.53 Å². The molecule has 8 heteroatoms. The van der Waals surface area contributed by atoms with Crippen molar-refractivity contribution in [3.63, 3.8) is 0 Å². The number of amides is 1. The Balaban J connectivity index is 1.32. The van der Waals surface area contributed by atoms with Crippen LogP contribution in [0.4, 0.5) is 11.5 Å². The lowest BCUT2D eigenvalue weighted by atomic mass is 10.1. The summed E-state index contributed by atoms with van der Waals surface area (Å²) in [7, 11) is 0. The molecule has 7 nitrogen and oxygen atoms in total. The summed E-state index contributed by atoms with van der Waals surface area (Å²) in [5.41, 5.74) is 0.993. The van der Waals surface area contributed by atoms with Crippen LogP contribution in [0.5, 0.6) is 0 Å². The van der Waals surface area contributed by atoms with Crippen molar-refractivity contribution in [3.8, 4) is 0 Å². The van der Waals surface area contributed by atoms with E-state index in [-0.39, 0.29) is 17.9 Å². The number of carbonyl (C=O) groups excluding carboxylic acids is 1. The van der Waals surface area contributed by atoms with Crippen molar-refractivity contribution >= 4 is 39.8 Å². The number of aromatic nitrogens is 1. The van der Waals surface area contributed by atoms with Crippen LogP contribution in [0.25, 0.3) is 10.8 Å². The standard InChI is InChI=1S/C21H25ClN4O3/c22-16-7-15-10-23-20(24-21(28)13-1-2-13)9-14(15)8-17(16)25-3-5-26(6-4-25)18-11-29-12-19(18)27/h7-10,13,18-19,27H,1-6,11-12H2,(H,23,24,28)/t18-,19+/m1/s1. The number of nitrogens with one attached hydrogen (secondary N) is 1. The monoisotopic (exact) mass is 416 g/mol. The number of halogens is 1. The number of ether oxygens (including phenoxy) is 1. The van der Waals surface area contributed by atoms with E-state index in [0.717, 1.165) is 55.5 Å². The van der Waals surface area contributed by atoms with Gasteiger partial charge < -0.3 is 20.1 Å². The molecule has 2 atom stereocenters. The molecule has 29 heavy (non-hydrogen) atoms. The predicted molar refractivity (Wildman–Crippen MR) is 113 cm³/mol. The number of rotatable bonds is 4. The first-order chi connectivity index (χ1) is 14.1. The Bertz CT molecular complexity index is 928. The Morgan fingerprint density at radius 1 is 1.14 bits per heavy atom.